The summed E-state index contributed by atoms with van der Waals surface area (Å²) in [6.07, 6.45) is 12.0. The SMILES string of the molecule is CCCCCc1cccc(C(=CC=C=[N+]=[N-])c2cccc(CCCC)c2)c1. The lowest BCUT2D eigenvalue weighted by Gasteiger charge is -2.11. The molecule has 0 aliphatic carbocycles. The molecule has 0 aliphatic rings. The van der Waals surface area contributed by atoms with Gasteiger partial charge in [-0.25, -0.2) is 0 Å². The summed E-state index contributed by atoms with van der Waals surface area (Å²) in [5, 5.41) is 0. The molecule has 27 heavy (non-hydrogen) atoms. The van der Waals surface area contributed by atoms with Gasteiger partial charge in [-0.3, -0.25) is 0 Å². The highest BCUT2D eigenvalue weighted by molar-refractivity contribution is 5.82. The van der Waals surface area contributed by atoms with Crippen LogP contribution in [-0.2, 0) is 12.8 Å². The zero-order valence-corrected chi connectivity index (χ0v) is 16.6. The van der Waals surface area contributed by atoms with Crippen LogP contribution in [0.1, 0.15) is 68.2 Å². The second kappa shape index (κ2) is 11.9. The summed E-state index contributed by atoms with van der Waals surface area (Å²) in [6, 6.07) is 17.5. The molecule has 0 radical (unpaired) electrons. The highest BCUT2D eigenvalue weighted by atomic mass is 14.8. The third-order valence-electron chi connectivity index (χ3n) is 4.75. The smallest absolute Gasteiger partial charge is 0.299 e. The van der Waals surface area contributed by atoms with Crippen molar-refractivity contribution < 1.29 is 4.79 Å². The van der Waals surface area contributed by atoms with E-state index in [1.54, 1.807) is 6.08 Å². The Balaban J connectivity index is 2.38. The number of benzene rings is 2. The van der Waals surface area contributed by atoms with Gasteiger partial charge in [0.25, 0.3) is 5.87 Å². The van der Waals surface area contributed by atoms with Crippen molar-refractivity contribution in [1.82, 2.24) is 0 Å². The number of aryl methyl sites for hydroxylation is 2. The molecule has 0 N–H and O–H groups in total. The lowest BCUT2D eigenvalue weighted by Crippen LogP contribution is -1.93. The summed E-state index contributed by atoms with van der Waals surface area (Å²) in [5.74, 6) is 2.50. The Morgan fingerprint density at radius 2 is 1.48 bits per heavy atom. The Bertz CT molecular complexity index is 835. The summed E-state index contributed by atoms with van der Waals surface area (Å²) in [5.41, 5.74) is 14.9. The van der Waals surface area contributed by atoms with Crippen LogP contribution in [0.3, 0.4) is 0 Å². The van der Waals surface area contributed by atoms with Crippen LogP contribution in [0.5, 0.6) is 0 Å². The molecule has 0 aliphatic heterocycles. The van der Waals surface area contributed by atoms with E-state index < -0.39 is 0 Å². The number of unbranched alkanes of at least 4 members (excludes halogenated alkanes) is 3. The molecule has 0 amide bonds. The van der Waals surface area contributed by atoms with E-state index in [-0.39, 0.29) is 0 Å². The lowest BCUT2D eigenvalue weighted by atomic mass is 9.93. The molecular formula is C25H30N2. The average Bonchev–Trinajstić information content (AvgIpc) is 2.70. The molecule has 2 aromatic carbocycles. The molecule has 2 rings (SSSR count). The summed E-state index contributed by atoms with van der Waals surface area (Å²) in [4.78, 5) is 2.97. The predicted molar refractivity (Wildman–Crippen MR) is 115 cm³/mol. The highest BCUT2D eigenvalue weighted by Gasteiger charge is 2.07. The number of allylic oxidation sites excluding steroid dienone is 2. The van der Waals surface area contributed by atoms with Gasteiger partial charge in [0, 0.05) is 0 Å². The second-order valence-corrected chi connectivity index (χ2v) is 6.94. The standard InChI is InChI=1S/C25H30N2/c1-3-5-7-12-22-14-9-16-24(20-22)25(17-10-18-27-26)23-15-8-13-21(19-23)11-6-4-2/h8-10,13-17,19-20H,3-7,11-12H2,1-2H3. The molecule has 0 spiro atoms. The van der Waals surface area contributed by atoms with Gasteiger partial charge in [-0.15, -0.1) is 4.79 Å². The van der Waals surface area contributed by atoms with Crippen molar-refractivity contribution in [1.29, 1.82) is 0 Å². The van der Waals surface area contributed by atoms with E-state index in [2.05, 4.69) is 73.0 Å². The van der Waals surface area contributed by atoms with Gasteiger partial charge in [-0.2, -0.15) is 0 Å². The van der Waals surface area contributed by atoms with Crippen LogP contribution >= 0.6 is 0 Å². The van der Waals surface area contributed by atoms with Gasteiger partial charge < -0.3 is 5.53 Å². The highest BCUT2D eigenvalue weighted by Crippen LogP contribution is 2.26. The lowest BCUT2D eigenvalue weighted by molar-refractivity contribution is 0.00805. The molecule has 140 valence electrons. The minimum absolute atomic E-state index is 1.10. The fraction of sp³-hybridized carbons (Fsp3) is 0.360. The van der Waals surface area contributed by atoms with E-state index in [1.165, 1.54) is 54.4 Å². The van der Waals surface area contributed by atoms with Crippen molar-refractivity contribution in [3.8, 4) is 0 Å². The molecule has 2 heteroatoms. The molecule has 0 unspecified atom stereocenters. The molecule has 0 atom stereocenters. The van der Waals surface area contributed by atoms with Gasteiger partial charge in [0.2, 0.25) is 0 Å². The monoisotopic (exact) mass is 358 g/mol. The first-order chi connectivity index (χ1) is 13.3. The van der Waals surface area contributed by atoms with Crippen LogP contribution in [0.2, 0.25) is 0 Å². The summed E-state index contributed by atoms with van der Waals surface area (Å²) < 4.78 is 0. The van der Waals surface area contributed by atoms with Crippen molar-refractivity contribution in [2.24, 2.45) is 0 Å². The first-order valence-electron chi connectivity index (χ1n) is 10.1. The average molecular weight is 359 g/mol. The number of rotatable bonds is 10. The first kappa shape index (κ1) is 20.6. The largest absolute Gasteiger partial charge is 0.348 e. The fourth-order valence-electron chi connectivity index (χ4n) is 3.26. The summed E-state index contributed by atoms with van der Waals surface area (Å²) in [6.45, 7) is 4.45. The van der Waals surface area contributed by atoms with Crippen molar-refractivity contribution >= 4 is 11.4 Å². The van der Waals surface area contributed by atoms with Gasteiger partial charge in [-0.05, 0) is 59.6 Å². The zero-order valence-electron chi connectivity index (χ0n) is 16.6. The molecule has 0 fully saturated rings. The van der Waals surface area contributed by atoms with Crippen molar-refractivity contribution in [2.45, 2.75) is 58.8 Å². The van der Waals surface area contributed by atoms with Gasteiger partial charge in [0.15, 0.2) is 0 Å². The maximum absolute atomic E-state index is 8.68. The quantitative estimate of drug-likeness (QED) is 0.150. The molecule has 0 bridgehead atoms. The van der Waals surface area contributed by atoms with Crippen LogP contribution in [0.15, 0.2) is 60.7 Å². The van der Waals surface area contributed by atoms with Gasteiger partial charge in [0.1, 0.15) is 0 Å². The minimum atomic E-state index is 1.10. The molecular weight excluding hydrogens is 328 g/mol. The van der Waals surface area contributed by atoms with Crippen molar-refractivity contribution in [3.63, 3.8) is 0 Å². The summed E-state index contributed by atoms with van der Waals surface area (Å²) in [7, 11) is 0. The Morgan fingerprint density at radius 1 is 0.889 bits per heavy atom. The van der Waals surface area contributed by atoms with Crippen molar-refractivity contribution in [2.75, 3.05) is 0 Å². The minimum Gasteiger partial charge on any atom is -0.348 e. The van der Waals surface area contributed by atoms with Gasteiger partial charge in [0.05, 0.1) is 6.08 Å². The van der Waals surface area contributed by atoms with E-state index in [9.17, 15) is 0 Å². The molecule has 0 saturated carbocycles. The van der Waals surface area contributed by atoms with E-state index in [1.807, 2.05) is 6.08 Å². The zero-order chi connectivity index (χ0) is 19.3. The molecule has 0 heterocycles. The first-order valence-corrected chi connectivity index (χ1v) is 10.1. The Kier molecular flexibility index (Phi) is 9.07. The molecule has 2 nitrogen and oxygen atoms in total. The Morgan fingerprint density at radius 3 is 2.04 bits per heavy atom. The van der Waals surface area contributed by atoms with Crippen LogP contribution < -0.4 is 0 Å². The molecule has 2 aromatic rings. The number of nitrogens with zero attached hydrogens (tertiary/aromatic N) is 2. The maximum Gasteiger partial charge on any atom is 0.299 e. The van der Waals surface area contributed by atoms with E-state index in [0.29, 0.717) is 0 Å². The Labute approximate surface area is 163 Å². The van der Waals surface area contributed by atoms with E-state index in [0.717, 1.165) is 18.4 Å². The van der Waals surface area contributed by atoms with Crippen molar-refractivity contribution in [3.05, 3.63) is 88.5 Å². The molecule has 0 aromatic heterocycles. The van der Waals surface area contributed by atoms with E-state index >= 15 is 0 Å². The van der Waals surface area contributed by atoms with Gasteiger partial charge in [-0.1, -0.05) is 81.6 Å². The fourth-order valence-corrected chi connectivity index (χ4v) is 3.26. The summed E-state index contributed by atoms with van der Waals surface area (Å²) >= 11 is 0. The number of hydrogen-bond acceptors (Lipinski definition) is 0. The topological polar surface area (TPSA) is 36.4 Å². The van der Waals surface area contributed by atoms with Crippen LogP contribution in [0, 0.1) is 0 Å². The van der Waals surface area contributed by atoms with Crippen LogP contribution in [-0.4, -0.2) is 10.7 Å². The predicted octanol–water partition coefficient (Wildman–Crippen LogP) is 6.65. The van der Waals surface area contributed by atoms with Gasteiger partial charge >= 0.3 is 0 Å². The second-order valence-electron chi connectivity index (χ2n) is 6.94. The normalized spacial score (nSPS) is 11.0. The maximum atomic E-state index is 8.68. The molecule has 0 saturated heterocycles. The Hall–Kier alpha value is -2.66. The third-order valence-corrected chi connectivity index (χ3v) is 4.75. The number of hydrogen-bond donors (Lipinski definition) is 0. The van der Waals surface area contributed by atoms with Crippen LogP contribution in [0.25, 0.3) is 11.1 Å². The van der Waals surface area contributed by atoms with E-state index in [4.69, 9.17) is 5.53 Å². The van der Waals surface area contributed by atoms with Crippen LogP contribution in [0.4, 0.5) is 0 Å². The third kappa shape index (κ3) is 6.87.